The highest BCUT2D eigenvalue weighted by Crippen LogP contribution is 2.22. The number of nitrogens with zero attached hydrogens (tertiary/aromatic N) is 1. The van der Waals surface area contributed by atoms with Gasteiger partial charge in [-0.3, -0.25) is 4.72 Å². The highest BCUT2D eigenvalue weighted by Gasteiger charge is 2.31. The van der Waals surface area contributed by atoms with Crippen LogP contribution in [0.4, 0.5) is 5.69 Å². The summed E-state index contributed by atoms with van der Waals surface area (Å²) in [7, 11) is -3.60. The zero-order valence-electron chi connectivity index (χ0n) is 11.7. The van der Waals surface area contributed by atoms with Gasteiger partial charge in [0.15, 0.2) is 0 Å². The summed E-state index contributed by atoms with van der Waals surface area (Å²) in [4.78, 5) is 0. The Bertz CT molecular complexity index is 545. The van der Waals surface area contributed by atoms with Crippen LogP contribution in [0.2, 0.25) is 0 Å². The molecule has 0 saturated carbocycles. The predicted octanol–water partition coefficient (Wildman–Crippen LogP) is 1.75. The monoisotopic (exact) mass is 298 g/mol. The number of benzene rings is 1. The maximum Gasteiger partial charge on any atom is 0.301 e. The lowest BCUT2D eigenvalue weighted by Crippen LogP contribution is -2.47. The van der Waals surface area contributed by atoms with Crippen LogP contribution in [0.3, 0.4) is 0 Å². The molecule has 0 aromatic heterocycles. The summed E-state index contributed by atoms with van der Waals surface area (Å²) in [5, 5.41) is 9.34. The molecule has 0 aliphatic carbocycles. The molecule has 20 heavy (non-hydrogen) atoms. The average Bonchev–Trinajstić information content (AvgIpc) is 2.47. The summed E-state index contributed by atoms with van der Waals surface area (Å²) in [6.07, 6.45) is 3.37. The first-order valence-electron chi connectivity index (χ1n) is 7.06. The molecule has 1 heterocycles. The van der Waals surface area contributed by atoms with Gasteiger partial charge in [-0.25, -0.2) is 0 Å². The highest BCUT2D eigenvalue weighted by atomic mass is 32.2. The van der Waals surface area contributed by atoms with Gasteiger partial charge in [-0.05, 0) is 37.0 Å². The predicted molar refractivity (Wildman–Crippen MR) is 79.8 cm³/mol. The minimum atomic E-state index is -3.60. The standard InChI is InChI=1S/C14H22N2O3S/c1-2-12-6-5-7-13(10-12)15-20(18,19)16-9-4-3-8-14(16)11-17/h5-7,10,14-15,17H,2-4,8-9,11H2,1H3. The molecule has 1 fully saturated rings. The summed E-state index contributed by atoms with van der Waals surface area (Å²) in [5.74, 6) is 0. The third-order valence-electron chi connectivity index (χ3n) is 3.67. The van der Waals surface area contributed by atoms with Crippen LogP contribution in [0.5, 0.6) is 0 Å². The molecular weight excluding hydrogens is 276 g/mol. The number of rotatable bonds is 5. The van der Waals surface area contributed by atoms with E-state index >= 15 is 0 Å². The minimum absolute atomic E-state index is 0.129. The molecule has 6 heteroatoms. The molecular formula is C14H22N2O3S. The Labute approximate surface area is 120 Å². The molecule has 0 spiro atoms. The van der Waals surface area contributed by atoms with Crippen LogP contribution in [0.25, 0.3) is 0 Å². The van der Waals surface area contributed by atoms with Gasteiger partial charge in [-0.1, -0.05) is 25.5 Å². The van der Waals surface area contributed by atoms with Crippen molar-refractivity contribution in [3.8, 4) is 0 Å². The van der Waals surface area contributed by atoms with E-state index in [9.17, 15) is 13.5 Å². The van der Waals surface area contributed by atoms with E-state index in [0.29, 0.717) is 18.7 Å². The lowest BCUT2D eigenvalue weighted by atomic mass is 10.1. The van der Waals surface area contributed by atoms with Crippen LogP contribution < -0.4 is 4.72 Å². The third kappa shape index (κ3) is 3.50. The summed E-state index contributed by atoms with van der Waals surface area (Å²) in [6, 6.07) is 7.09. The number of hydrogen-bond acceptors (Lipinski definition) is 3. The molecule has 2 N–H and O–H groups in total. The lowest BCUT2D eigenvalue weighted by molar-refractivity contribution is 0.156. The van der Waals surface area contributed by atoms with Gasteiger partial charge in [0.2, 0.25) is 0 Å². The van der Waals surface area contributed by atoms with Crippen molar-refractivity contribution in [2.45, 2.75) is 38.6 Å². The van der Waals surface area contributed by atoms with Crippen LogP contribution in [-0.4, -0.2) is 37.0 Å². The number of aliphatic hydroxyl groups excluding tert-OH is 1. The molecule has 112 valence electrons. The lowest BCUT2D eigenvalue weighted by Gasteiger charge is -2.33. The number of hydrogen-bond donors (Lipinski definition) is 2. The van der Waals surface area contributed by atoms with E-state index in [1.807, 2.05) is 25.1 Å². The van der Waals surface area contributed by atoms with Gasteiger partial charge in [-0.2, -0.15) is 12.7 Å². The second-order valence-corrected chi connectivity index (χ2v) is 6.73. The number of nitrogens with one attached hydrogen (secondary N) is 1. The van der Waals surface area contributed by atoms with E-state index in [1.165, 1.54) is 4.31 Å². The quantitative estimate of drug-likeness (QED) is 0.870. The van der Waals surface area contributed by atoms with Crippen LogP contribution in [0.1, 0.15) is 31.7 Å². The van der Waals surface area contributed by atoms with E-state index in [-0.39, 0.29) is 12.6 Å². The van der Waals surface area contributed by atoms with Crippen molar-refractivity contribution in [1.29, 1.82) is 0 Å². The Morgan fingerprint density at radius 1 is 1.40 bits per heavy atom. The zero-order chi connectivity index (χ0) is 14.6. The van der Waals surface area contributed by atoms with Crippen molar-refractivity contribution < 1.29 is 13.5 Å². The fourth-order valence-corrected chi connectivity index (χ4v) is 4.01. The first kappa shape index (κ1) is 15.3. The molecule has 0 amide bonds. The molecule has 0 bridgehead atoms. The molecule has 2 rings (SSSR count). The van der Waals surface area contributed by atoms with Crippen molar-refractivity contribution in [2.75, 3.05) is 17.9 Å². The van der Waals surface area contributed by atoms with E-state index in [1.54, 1.807) is 6.07 Å². The number of piperidine rings is 1. The largest absolute Gasteiger partial charge is 0.395 e. The van der Waals surface area contributed by atoms with Gasteiger partial charge in [0, 0.05) is 12.6 Å². The number of aryl methyl sites for hydroxylation is 1. The summed E-state index contributed by atoms with van der Waals surface area (Å²) >= 11 is 0. The van der Waals surface area contributed by atoms with E-state index < -0.39 is 10.2 Å². The van der Waals surface area contributed by atoms with Crippen LogP contribution >= 0.6 is 0 Å². The molecule has 5 nitrogen and oxygen atoms in total. The Balaban J connectivity index is 2.17. The molecule has 1 unspecified atom stereocenters. The molecule has 1 aromatic rings. The Hall–Kier alpha value is -1.11. The van der Waals surface area contributed by atoms with E-state index in [0.717, 1.165) is 24.8 Å². The Morgan fingerprint density at radius 2 is 2.20 bits per heavy atom. The van der Waals surface area contributed by atoms with Crippen LogP contribution in [0.15, 0.2) is 24.3 Å². The van der Waals surface area contributed by atoms with Gasteiger partial charge < -0.3 is 5.11 Å². The second kappa shape index (κ2) is 6.56. The first-order valence-corrected chi connectivity index (χ1v) is 8.50. The number of aliphatic hydroxyl groups is 1. The molecule has 0 radical (unpaired) electrons. The Morgan fingerprint density at radius 3 is 2.90 bits per heavy atom. The fourth-order valence-electron chi connectivity index (χ4n) is 2.54. The zero-order valence-corrected chi connectivity index (χ0v) is 12.6. The minimum Gasteiger partial charge on any atom is -0.395 e. The smallest absolute Gasteiger partial charge is 0.301 e. The van der Waals surface area contributed by atoms with Crippen molar-refractivity contribution in [2.24, 2.45) is 0 Å². The normalized spacial score (nSPS) is 20.8. The average molecular weight is 298 g/mol. The van der Waals surface area contributed by atoms with Crippen molar-refractivity contribution in [3.63, 3.8) is 0 Å². The van der Waals surface area contributed by atoms with Crippen LogP contribution in [0, 0.1) is 0 Å². The molecule has 1 aliphatic heterocycles. The number of anilines is 1. The van der Waals surface area contributed by atoms with Crippen molar-refractivity contribution in [1.82, 2.24) is 4.31 Å². The molecule has 1 aromatic carbocycles. The Kier molecular flexibility index (Phi) is 5.01. The SMILES string of the molecule is CCc1cccc(NS(=O)(=O)N2CCCCC2CO)c1. The fraction of sp³-hybridized carbons (Fsp3) is 0.571. The van der Waals surface area contributed by atoms with Gasteiger partial charge in [0.1, 0.15) is 0 Å². The van der Waals surface area contributed by atoms with Crippen molar-refractivity contribution >= 4 is 15.9 Å². The summed E-state index contributed by atoms with van der Waals surface area (Å²) in [6.45, 7) is 2.37. The third-order valence-corrected chi connectivity index (χ3v) is 5.27. The van der Waals surface area contributed by atoms with Gasteiger partial charge in [-0.15, -0.1) is 0 Å². The first-order chi connectivity index (χ1) is 9.56. The topological polar surface area (TPSA) is 69.6 Å². The highest BCUT2D eigenvalue weighted by molar-refractivity contribution is 7.90. The summed E-state index contributed by atoms with van der Waals surface area (Å²) in [5.41, 5.74) is 1.66. The van der Waals surface area contributed by atoms with E-state index in [2.05, 4.69) is 4.72 Å². The summed E-state index contributed by atoms with van der Waals surface area (Å²) < 4.78 is 28.9. The van der Waals surface area contributed by atoms with Gasteiger partial charge in [0.05, 0.1) is 12.3 Å². The maximum absolute atomic E-state index is 12.4. The maximum atomic E-state index is 12.4. The molecule has 1 aliphatic rings. The van der Waals surface area contributed by atoms with Crippen molar-refractivity contribution in [3.05, 3.63) is 29.8 Å². The van der Waals surface area contributed by atoms with Gasteiger partial charge >= 0.3 is 10.2 Å². The molecule has 1 atom stereocenters. The van der Waals surface area contributed by atoms with E-state index in [4.69, 9.17) is 0 Å². The molecule has 1 saturated heterocycles. The van der Waals surface area contributed by atoms with Gasteiger partial charge in [0.25, 0.3) is 0 Å². The second-order valence-electron chi connectivity index (χ2n) is 5.10. The van der Waals surface area contributed by atoms with Crippen LogP contribution in [-0.2, 0) is 16.6 Å².